The molecule has 144 valence electrons. The Balaban J connectivity index is 1.38. The normalized spacial score (nSPS) is 26.1. The largest absolute Gasteiger partial charge is 0.352 e. The minimum atomic E-state index is -0.275. The summed E-state index contributed by atoms with van der Waals surface area (Å²) >= 11 is 7.31. The third-order valence-electron chi connectivity index (χ3n) is 5.97. The third-order valence-corrected chi connectivity index (χ3v) is 7.25. The lowest BCUT2D eigenvalue weighted by molar-refractivity contribution is -0.121. The van der Waals surface area contributed by atoms with E-state index in [4.69, 9.17) is 11.6 Å². The van der Waals surface area contributed by atoms with Crippen LogP contribution in [0.3, 0.4) is 0 Å². The van der Waals surface area contributed by atoms with Crippen molar-refractivity contribution in [1.29, 1.82) is 0 Å². The fraction of sp³-hybridized carbons (Fsp3) is 0.579. The highest BCUT2D eigenvalue weighted by atomic mass is 35.5. The lowest BCUT2D eigenvalue weighted by Crippen LogP contribution is -2.43. The van der Waals surface area contributed by atoms with Crippen molar-refractivity contribution in [3.8, 4) is 5.69 Å². The zero-order chi connectivity index (χ0) is 19.0. The average molecular weight is 406 g/mol. The molecule has 0 unspecified atom stereocenters. The molecule has 0 saturated heterocycles. The van der Waals surface area contributed by atoms with Crippen molar-refractivity contribution >= 4 is 29.3 Å². The molecule has 2 saturated carbocycles. The lowest BCUT2D eigenvalue weighted by atomic mass is 9.84. The number of rotatable bonds is 6. The monoisotopic (exact) mass is 405 g/mol. The number of amides is 1. The topological polar surface area (TPSA) is 72.7 Å². The highest BCUT2D eigenvalue weighted by Gasteiger charge is 2.42. The van der Waals surface area contributed by atoms with Crippen molar-refractivity contribution in [3.05, 3.63) is 29.3 Å². The molecule has 27 heavy (non-hydrogen) atoms. The molecule has 1 heterocycles. The second-order valence-corrected chi connectivity index (χ2v) is 9.49. The first-order valence-electron chi connectivity index (χ1n) is 9.52. The van der Waals surface area contributed by atoms with E-state index in [0.29, 0.717) is 16.1 Å². The highest BCUT2D eigenvalue weighted by molar-refractivity contribution is 8.00. The summed E-state index contributed by atoms with van der Waals surface area (Å²) in [6.07, 6.45) is 5.32. The van der Waals surface area contributed by atoms with Gasteiger partial charge in [0.1, 0.15) is 0 Å². The zero-order valence-corrected chi connectivity index (χ0v) is 17.1. The standard InChI is InChI=1S/C19H24ClN5OS/c1-11(17-10-13-3-4-14(17)9-13)21-18(26)12(2)27-19-22-23-24-25(19)16-7-5-15(20)6-8-16/h5-8,11-14,17H,3-4,9-10H2,1-2H3,(H,21,26)/t11-,12+,13+,14+,17+/m0/s1. The second kappa shape index (κ2) is 7.80. The Morgan fingerprint density at radius 2 is 2.04 bits per heavy atom. The predicted octanol–water partition coefficient (Wildman–Crippen LogP) is 3.74. The number of fused-ring (bicyclic) bond motifs is 2. The van der Waals surface area contributed by atoms with Crippen molar-refractivity contribution in [1.82, 2.24) is 25.5 Å². The number of carbonyl (C=O) groups is 1. The van der Waals surface area contributed by atoms with Gasteiger partial charge in [-0.2, -0.15) is 4.68 Å². The molecule has 2 fully saturated rings. The molecule has 0 aliphatic heterocycles. The number of nitrogens with zero attached hydrogens (tertiary/aromatic N) is 4. The van der Waals surface area contributed by atoms with Crippen LogP contribution in [0.15, 0.2) is 29.4 Å². The summed E-state index contributed by atoms with van der Waals surface area (Å²) in [5.41, 5.74) is 0.815. The SMILES string of the molecule is C[C@H](NC(=O)[C@@H](C)Sc1nnnn1-c1ccc(Cl)cc1)[C@H]1C[C@@H]2CC[C@@H]1C2. The van der Waals surface area contributed by atoms with Gasteiger partial charge < -0.3 is 5.32 Å². The third kappa shape index (κ3) is 3.99. The summed E-state index contributed by atoms with van der Waals surface area (Å²) in [5, 5.41) is 16.1. The number of hydrogen-bond donors (Lipinski definition) is 1. The van der Waals surface area contributed by atoms with Gasteiger partial charge in [0.05, 0.1) is 10.9 Å². The van der Waals surface area contributed by atoms with Crippen molar-refractivity contribution < 1.29 is 4.79 Å². The Hall–Kier alpha value is -1.60. The highest BCUT2D eigenvalue weighted by Crippen LogP contribution is 2.49. The Labute approximate surface area is 168 Å². The van der Waals surface area contributed by atoms with E-state index in [9.17, 15) is 4.79 Å². The molecule has 5 atom stereocenters. The summed E-state index contributed by atoms with van der Waals surface area (Å²) in [4.78, 5) is 12.7. The van der Waals surface area contributed by atoms with Gasteiger partial charge in [0.25, 0.3) is 0 Å². The molecular formula is C19H24ClN5OS. The van der Waals surface area contributed by atoms with Gasteiger partial charge in [-0.1, -0.05) is 29.8 Å². The molecule has 0 spiro atoms. The number of halogens is 1. The van der Waals surface area contributed by atoms with Crippen molar-refractivity contribution in [2.75, 3.05) is 0 Å². The number of nitrogens with one attached hydrogen (secondary N) is 1. The van der Waals surface area contributed by atoms with E-state index in [1.807, 2.05) is 19.1 Å². The molecule has 1 aromatic heterocycles. The first kappa shape index (κ1) is 18.7. The average Bonchev–Trinajstić information content (AvgIpc) is 3.39. The smallest absolute Gasteiger partial charge is 0.233 e. The molecule has 1 amide bonds. The maximum Gasteiger partial charge on any atom is 0.233 e. The molecule has 2 bridgehead atoms. The van der Waals surface area contributed by atoms with Gasteiger partial charge in [-0.3, -0.25) is 4.79 Å². The molecule has 2 aromatic rings. The van der Waals surface area contributed by atoms with E-state index < -0.39 is 0 Å². The summed E-state index contributed by atoms with van der Waals surface area (Å²) in [7, 11) is 0. The number of tetrazole rings is 1. The molecule has 6 nitrogen and oxygen atoms in total. The van der Waals surface area contributed by atoms with Crippen LogP contribution in [0.5, 0.6) is 0 Å². The van der Waals surface area contributed by atoms with Gasteiger partial charge in [0.15, 0.2) is 0 Å². The predicted molar refractivity (Wildman–Crippen MR) is 106 cm³/mol. The van der Waals surface area contributed by atoms with Gasteiger partial charge >= 0.3 is 0 Å². The first-order valence-corrected chi connectivity index (χ1v) is 10.8. The number of benzene rings is 1. The quantitative estimate of drug-likeness (QED) is 0.741. The van der Waals surface area contributed by atoms with E-state index in [2.05, 4.69) is 27.8 Å². The molecule has 1 N–H and O–H groups in total. The summed E-state index contributed by atoms with van der Waals surface area (Å²) in [6.45, 7) is 4.05. The van der Waals surface area contributed by atoms with E-state index in [1.165, 1.54) is 37.4 Å². The van der Waals surface area contributed by atoms with E-state index in [-0.39, 0.29) is 17.2 Å². The number of hydrogen-bond acceptors (Lipinski definition) is 5. The Kier molecular flexibility index (Phi) is 5.41. The minimum absolute atomic E-state index is 0.0425. The maximum atomic E-state index is 12.7. The van der Waals surface area contributed by atoms with Crippen LogP contribution >= 0.6 is 23.4 Å². The fourth-order valence-corrected chi connectivity index (χ4v) is 5.51. The van der Waals surface area contributed by atoms with Gasteiger partial charge in [-0.25, -0.2) is 0 Å². The van der Waals surface area contributed by atoms with E-state index >= 15 is 0 Å². The first-order chi connectivity index (χ1) is 13.0. The van der Waals surface area contributed by atoms with E-state index in [0.717, 1.165) is 17.5 Å². The zero-order valence-electron chi connectivity index (χ0n) is 15.5. The van der Waals surface area contributed by atoms with Crippen molar-refractivity contribution in [2.24, 2.45) is 17.8 Å². The number of thioether (sulfide) groups is 1. The fourth-order valence-electron chi connectivity index (χ4n) is 4.56. The second-order valence-electron chi connectivity index (χ2n) is 7.75. The van der Waals surface area contributed by atoms with Crippen LogP contribution in [0.2, 0.25) is 5.02 Å². The summed E-state index contributed by atoms with van der Waals surface area (Å²) < 4.78 is 1.63. The number of carbonyl (C=O) groups excluding carboxylic acids is 1. The number of aromatic nitrogens is 4. The molecule has 2 aliphatic carbocycles. The van der Waals surface area contributed by atoms with Crippen LogP contribution in [0.4, 0.5) is 0 Å². The van der Waals surface area contributed by atoms with E-state index in [1.54, 1.807) is 16.8 Å². The summed E-state index contributed by atoms with van der Waals surface area (Å²) in [6, 6.07) is 7.51. The Morgan fingerprint density at radius 1 is 1.26 bits per heavy atom. The Bertz CT molecular complexity index is 811. The van der Waals surface area contributed by atoms with Crippen molar-refractivity contribution in [2.45, 2.75) is 56.0 Å². The minimum Gasteiger partial charge on any atom is -0.352 e. The lowest BCUT2D eigenvalue weighted by Gasteiger charge is -2.29. The molecular weight excluding hydrogens is 382 g/mol. The molecule has 0 radical (unpaired) electrons. The van der Waals surface area contributed by atoms with Gasteiger partial charge in [-0.05, 0) is 85.6 Å². The van der Waals surface area contributed by atoms with Crippen LogP contribution in [0.1, 0.15) is 39.5 Å². The molecule has 1 aromatic carbocycles. The van der Waals surface area contributed by atoms with Crippen molar-refractivity contribution in [3.63, 3.8) is 0 Å². The van der Waals surface area contributed by atoms with Crippen LogP contribution in [-0.2, 0) is 4.79 Å². The molecule has 2 aliphatic rings. The van der Waals surface area contributed by atoms with Crippen LogP contribution < -0.4 is 5.32 Å². The summed E-state index contributed by atoms with van der Waals surface area (Å²) in [5.74, 6) is 2.35. The van der Waals surface area contributed by atoms with Gasteiger partial charge in [0, 0.05) is 11.1 Å². The van der Waals surface area contributed by atoms with Gasteiger partial charge in [0.2, 0.25) is 11.1 Å². The molecule has 8 heteroatoms. The van der Waals surface area contributed by atoms with Gasteiger partial charge in [-0.15, -0.1) is 5.10 Å². The Morgan fingerprint density at radius 3 is 2.70 bits per heavy atom. The van der Waals surface area contributed by atoms with Crippen LogP contribution in [-0.4, -0.2) is 37.4 Å². The van der Waals surface area contributed by atoms with Crippen LogP contribution in [0, 0.1) is 17.8 Å². The molecule has 4 rings (SSSR count). The maximum absolute atomic E-state index is 12.7. The van der Waals surface area contributed by atoms with Crippen LogP contribution in [0.25, 0.3) is 5.69 Å².